The lowest BCUT2D eigenvalue weighted by Gasteiger charge is -2.14. The van der Waals surface area contributed by atoms with Crippen LogP contribution >= 0.6 is 0 Å². The van der Waals surface area contributed by atoms with Crippen molar-refractivity contribution in [2.45, 2.75) is 109 Å². The molecular weight excluding hydrogens is 218 g/mol. The summed E-state index contributed by atoms with van der Waals surface area (Å²) >= 11 is 0. The first-order valence-corrected chi connectivity index (χ1v) is 8.62. The van der Waals surface area contributed by atoms with Gasteiger partial charge in [0.05, 0.1) is 0 Å². The predicted octanol–water partition coefficient (Wildman–Crippen LogP) is 5.44. The molecule has 0 spiro atoms. The normalized spacial score (nSPS) is 23.7. The molecule has 1 fully saturated rings. The van der Waals surface area contributed by atoms with E-state index in [4.69, 9.17) is 0 Å². The second-order valence-electron chi connectivity index (χ2n) is 6.19. The number of nitrogens with one attached hydrogen (secondary N) is 1. The van der Waals surface area contributed by atoms with Crippen molar-refractivity contribution in [3.05, 3.63) is 0 Å². The summed E-state index contributed by atoms with van der Waals surface area (Å²) < 4.78 is 0. The highest BCUT2D eigenvalue weighted by Crippen LogP contribution is 2.21. The van der Waals surface area contributed by atoms with Crippen molar-refractivity contribution >= 4 is 0 Å². The molecule has 0 radical (unpaired) electrons. The van der Waals surface area contributed by atoms with Gasteiger partial charge in [-0.15, -0.1) is 0 Å². The zero-order valence-electron chi connectivity index (χ0n) is 12.8. The van der Waals surface area contributed by atoms with E-state index in [1.807, 2.05) is 0 Å². The largest absolute Gasteiger partial charge is 0.311 e. The molecule has 18 heavy (non-hydrogen) atoms. The third kappa shape index (κ3) is 7.41. The van der Waals surface area contributed by atoms with E-state index in [-0.39, 0.29) is 0 Å². The Hall–Kier alpha value is -0.0400. The quantitative estimate of drug-likeness (QED) is 0.484. The fraction of sp³-hybridized carbons (Fsp3) is 1.00. The summed E-state index contributed by atoms with van der Waals surface area (Å²) in [6.45, 7) is 4.59. The average Bonchev–Trinajstić information content (AvgIpc) is 2.82. The van der Waals surface area contributed by atoms with Crippen LogP contribution in [0.25, 0.3) is 0 Å². The van der Waals surface area contributed by atoms with Crippen LogP contribution in [0.5, 0.6) is 0 Å². The maximum absolute atomic E-state index is 3.86. The molecule has 0 aliphatic carbocycles. The lowest BCUT2D eigenvalue weighted by Crippen LogP contribution is -2.29. The summed E-state index contributed by atoms with van der Waals surface area (Å²) in [5.74, 6) is 0. The van der Waals surface area contributed by atoms with Crippen molar-refractivity contribution in [1.82, 2.24) is 5.32 Å². The Balaban J connectivity index is 1.92. The van der Waals surface area contributed by atoms with Crippen molar-refractivity contribution in [3.63, 3.8) is 0 Å². The van der Waals surface area contributed by atoms with Crippen LogP contribution in [0.3, 0.4) is 0 Å². The third-order valence-corrected chi connectivity index (χ3v) is 4.40. The highest BCUT2D eigenvalue weighted by atomic mass is 15.0. The maximum Gasteiger partial charge on any atom is 0.00702 e. The fourth-order valence-corrected chi connectivity index (χ4v) is 3.17. The van der Waals surface area contributed by atoms with Crippen LogP contribution < -0.4 is 5.32 Å². The minimum atomic E-state index is 0.850. The molecule has 2 atom stereocenters. The molecule has 2 unspecified atom stereocenters. The fourth-order valence-electron chi connectivity index (χ4n) is 3.17. The lowest BCUT2D eigenvalue weighted by molar-refractivity contribution is 0.455. The maximum atomic E-state index is 3.86. The number of rotatable bonds is 11. The molecule has 1 N–H and O–H groups in total. The molecule has 0 aromatic rings. The number of hydrogen-bond donors (Lipinski definition) is 1. The van der Waals surface area contributed by atoms with E-state index < -0.39 is 0 Å². The molecule has 1 aliphatic heterocycles. The molecular formula is C17H35N. The van der Waals surface area contributed by atoms with E-state index in [1.54, 1.807) is 0 Å². The SMILES string of the molecule is CCCCCCCC1CCC(CCCCCC)N1. The molecule has 1 heterocycles. The van der Waals surface area contributed by atoms with Crippen molar-refractivity contribution in [3.8, 4) is 0 Å². The van der Waals surface area contributed by atoms with Crippen molar-refractivity contribution in [2.24, 2.45) is 0 Å². The molecule has 0 amide bonds. The topological polar surface area (TPSA) is 12.0 Å². The Morgan fingerprint density at radius 2 is 1.11 bits per heavy atom. The van der Waals surface area contributed by atoms with E-state index in [0.29, 0.717) is 0 Å². The molecule has 0 aromatic heterocycles. The van der Waals surface area contributed by atoms with Gasteiger partial charge in [0.1, 0.15) is 0 Å². The summed E-state index contributed by atoms with van der Waals surface area (Å²) in [6.07, 6.45) is 18.5. The van der Waals surface area contributed by atoms with Crippen LogP contribution in [-0.2, 0) is 0 Å². The Morgan fingerprint density at radius 1 is 0.667 bits per heavy atom. The van der Waals surface area contributed by atoms with Gasteiger partial charge >= 0.3 is 0 Å². The number of hydrogen-bond acceptors (Lipinski definition) is 1. The van der Waals surface area contributed by atoms with Crippen molar-refractivity contribution in [1.29, 1.82) is 0 Å². The van der Waals surface area contributed by atoms with Gasteiger partial charge in [-0.1, -0.05) is 71.6 Å². The summed E-state index contributed by atoms with van der Waals surface area (Å²) in [4.78, 5) is 0. The van der Waals surface area contributed by atoms with Gasteiger partial charge in [-0.25, -0.2) is 0 Å². The van der Waals surface area contributed by atoms with Crippen molar-refractivity contribution in [2.75, 3.05) is 0 Å². The third-order valence-electron chi connectivity index (χ3n) is 4.40. The summed E-state index contributed by atoms with van der Waals surface area (Å²) in [5.41, 5.74) is 0. The Labute approximate surface area is 115 Å². The minimum Gasteiger partial charge on any atom is -0.311 e. The summed E-state index contributed by atoms with van der Waals surface area (Å²) in [6, 6.07) is 1.70. The Bertz CT molecular complexity index is 178. The van der Waals surface area contributed by atoms with Gasteiger partial charge in [0.2, 0.25) is 0 Å². The molecule has 108 valence electrons. The van der Waals surface area contributed by atoms with Crippen LogP contribution in [0.2, 0.25) is 0 Å². The molecule has 0 saturated carbocycles. The van der Waals surface area contributed by atoms with Crippen LogP contribution in [0.15, 0.2) is 0 Å². The first kappa shape index (κ1) is 16.0. The van der Waals surface area contributed by atoms with E-state index in [9.17, 15) is 0 Å². The minimum absolute atomic E-state index is 0.850. The van der Waals surface area contributed by atoms with E-state index >= 15 is 0 Å². The van der Waals surface area contributed by atoms with Gasteiger partial charge in [-0.2, -0.15) is 0 Å². The second-order valence-corrected chi connectivity index (χ2v) is 6.19. The van der Waals surface area contributed by atoms with E-state index in [2.05, 4.69) is 19.2 Å². The van der Waals surface area contributed by atoms with E-state index in [1.165, 1.54) is 83.5 Å². The van der Waals surface area contributed by atoms with Gasteiger partial charge < -0.3 is 5.32 Å². The van der Waals surface area contributed by atoms with Gasteiger partial charge in [-0.3, -0.25) is 0 Å². The van der Waals surface area contributed by atoms with Gasteiger partial charge in [0.25, 0.3) is 0 Å². The average molecular weight is 253 g/mol. The Kier molecular flexibility index (Phi) is 9.65. The molecule has 1 rings (SSSR count). The first-order chi connectivity index (χ1) is 8.86. The van der Waals surface area contributed by atoms with Crippen molar-refractivity contribution < 1.29 is 0 Å². The Morgan fingerprint density at radius 3 is 1.61 bits per heavy atom. The molecule has 1 nitrogen and oxygen atoms in total. The monoisotopic (exact) mass is 253 g/mol. The summed E-state index contributed by atoms with van der Waals surface area (Å²) in [5, 5.41) is 3.86. The smallest absolute Gasteiger partial charge is 0.00702 e. The zero-order chi connectivity index (χ0) is 13.1. The number of unbranched alkanes of at least 4 members (excludes halogenated alkanes) is 7. The van der Waals surface area contributed by atoms with Crippen LogP contribution in [0, 0.1) is 0 Å². The van der Waals surface area contributed by atoms with Crippen LogP contribution in [0.4, 0.5) is 0 Å². The lowest BCUT2D eigenvalue weighted by atomic mass is 10.0. The van der Waals surface area contributed by atoms with E-state index in [0.717, 1.165) is 12.1 Å². The highest BCUT2D eigenvalue weighted by molar-refractivity contribution is 4.83. The van der Waals surface area contributed by atoms with Gasteiger partial charge in [0, 0.05) is 12.1 Å². The second kappa shape index (κ2) is 10.8. The van der Waals surface area contributed by atoms with Gasteiger partial charge in [0.15, 0.2) is 0 Å². The highest BCUT2D eigenvalue weighted by Gasteiger charge is 2.22. The van der Waals surface area contributed by atoms with Crippen LogP contribution in [-0.4, -0.2) is 12.1 Å². The molecule has 0 bridgehead atoms. The van der Waals surface area contributed by atoms with Gasteiger partial charge in [-0.05, 0) is 25.7 Å². The molecule has 0 aromatic carbocycles. The molecule has 1 saturated heterocycles. The first-order valence-electron chi connectivity index (χ1n) is 8.62. The van der Waals surface area contributed by atoms with Crippen LogP contribution in [0.1, 0.15) is 97.3 Å². The predicted molar refractivity (Wildman–Crippen MR) is 82.1 cm³/mol. The molecule has 1 heteroatoms. The standard InChI is InChI=1S/C17H35N/c1-3-5-7-9-11-13-17-15-14-16(18-17)12-10-8-6-4-2/h16-18H,3-15H2,1-2H3. The zero-order valence-corrected chi connectivity index (χ0v) is 12.8. The summed E-state index contributed by atoms with van der Waals surface area (Å²) in [7, 11) is 0. The molecule has 1 aliphatic rings.